The minimum atomic E-state index is -0.170. The third-order valence-electron chi connectivity index (χ3n) is 12.5. The van der Waals surface area contributed by atoms with E-state index in [1.807, 2.05) is 164 Å². The number of hydrazone groups is 1. The summed E-state index contributed by atoms with van der Waals surface area (Å²) in [5.41, 5.74) is 11.7. The summed E-state index contributed by atoms with van der Waals surface area (Å²) >= 11 is 5.81. The lowest BCUT2D eigenvalue weighted by Gasteiger charge is -2.11. The number of amides is 2. The average Bonchev–Trinajstić information content (AvgIpc) is 3.64. The fourth-order valence-electron chi connectivity index (χ4n) is 8.40. The van der Waals surface area contributed by atoms with Crippen LogP contribution in [0.25, 0.3) is 32.3 Å². The molecule has 82 heavy (non-hydrogen) atoms. The number of ether oxygens (including phenoxy) is 2. The molecular formula is C70H61ClN4O7. The minimum absolute atomic E-state index is 0.0347. The second-order valence-electron chi connectivity index (χ2n) is 18.2. The Labute approximate surface area is 482 Å². The quantitative estimate of drug-likeness (QED) is 0.0196. The summed E-state index contributed by atoms with van der Waals surface area (Å²) in [6.45, 7) is 0.902. The minimum Gasteiger partial charge on any atom is -0.507 e. The molecular weight excluding hydrogens is 1040 g/mol. The SMILES string of the molecule is ClCc1cccc2ccccc12.NNC(=O)Cc1ccccc1.O=C(Cc1ccccc1)N/N=C/c1ccccc1OCc1cccc2ccccc12.O=Cc1ccccc1O.O=Cc1ccccc1OCc1cccc2ccccc12. The summed E-state index contributed by atoms with van der Waals surface area (Å²) in [4.78, 5) is 43.9. The Kier molecular flexibility index (Phi) is 23.7. The number of phenolic OH excluding ortho intramolecular Hbond substituents is 1. The first-order chi connectivity index (χ1) is 40.3. The lowest BCUT2D eigenvalue weighted by atomic mass is 10.1. The smallest absolute Gasteiger partial charge is 0.244 e. The second-order valence-corrected chi connectivity index (χ2v) is 18.4. The van der Waals surface area contributed by atoms with Gasteiger partial charge >= 0.3 is 0 Å². The van der Waals surface area contributed by atoms with E-state index in [9.17, 15) is 19.2 Å². The number of alkyl halides is 1. The van der Waals surface area contributed by atoms with Gasteiger partial charge < -0.3 is 14.6 Å². The van der Waals surface area contributed by atoms with Crippen LogP contribution in [0.15, 0.2) is 266 Å². The fraction of sp³-hybridized carbons (Fsp3) is 0.0714. The second kappa shape index (κ2) is 32.6. The summed E-state index contributed by atoms with van der Waals surface area (Å²) in [7, 11) is 0. The van der Waals surface area contributed by atoms with Crippen LogP contribution in [-0.4, -0.2) is 35.7 Å². The van der Waals surface area contributed by atoms with Crippen molar-refractivity contribution in [2.45, 2.75) is 31.9 Å². The predicted molar refractivity (Wildman–Crippen MR) is 330 cm³/mol. The molecule has 0 heterocycles. The fourth-order valence-corrected chi connectivity index (χ4v) is 8.63. The van der Waals surface area contributed by atoms with E-state index in [2.05, 4.69) is 82.7 Å². The van der Waals surface area contributed by atoms with E-state index in [1.165, 1.54) is 43.9 Å². The molecule has 0 aliphatic rings. The highest BCUT2D eigenvalue weighted by Gasteiger charge is 2.08. The Morgan fingerprint density at radius 1 is 0.439 bits per heavy atom. The van der Waals surface area contributed by atoms with Gasteiger partial charge in [0.2, 0.25) is 11.8 Å². The van der Waals surface area contributed by atoms with E-state index in [0.29, 0.717) is 54.4 Å². The van der Waals surface area contributed by atoms with Gasteiger partial charge in [-0.05, 0) is 96.5 Å². The van der Waals surface area contributed by atoms with Crippen LogP contribution in [0.3, 0.4) is 0 Å². The zero-order valence-corrected chi connectivity index (χ0v) is 45.6. The molecule has 11 nitrogen and oxygen atoms in total. The molecule has 0 radical (unpaired) electrons. The third kappa shape index (κ3) is 18.5. The van der Waals surface area contributed by atoms with E-state index < -0.39 is 0 Å². The first-order valence-corrected chi connectivity index (χ1v) is 26.8. The number of fused-ring (bicyclic) bond motifs is 3. The first kappa shape index (κ1) is 59.5. The largest absolute Gasteiger partial charge is 0.507 e. The van der Waals surface area contributed by atoms with Crippen LogP contribution in [0.1, 0.15) is 54.1 Å². The average molecular weight is 1110 g/mol. The number of carbonyl (C=O) groups excluding carboxylic acids is 4. The molecule has 0 spiro atoms. The lowest BCUT2D eigenvalue weighted by Crippen LogP contribution is -2.31. The van der Waals surface area contributed by atoms with Crippen LogP contribution in [0.4, 0.5) is 0 Å². The normalized spacial score (nSPS) is 10.3. The number of benzene rings is 11. The summed E-state index contributed by atoms with van der Waals surface area (Å²) in [5.74, 6) is 6.54. The summed E-state index contributed by atoms with van der Waals surface area (Å²) in [5, 5.41) is 20.2. The maximum absolute atomic E-state index is 12.1. The number of aromatic hydroxyl groups is 1. The van der Waals surface area contributed by atoms with E-state index in [1.54, 1.807) is 30.5 Å². The molecule has 11 aromatic rings. The number of hydrogen-bond donors (Lipinski definition) is 4. The van der Waals surface area contributed by atoms with Crippen molar-refractivity contribution in [1.29, 1.82) is 0 Å². The topological polar surface area (TPSA) is 169 Å². The number of hydrazine groups is 1. The van der Waals surface area contributed by atoms with Gasteiger partial charge in [-0.2, -0.15) is 5.10 Å². The van der Waals surface area contributed by atoms with Gasteiger partial charge in [-0.25, -0.2) is 11.3 Å². The maximum Gasteiger partial charge on any atom is 0.244 e. The highest BCUT2D eigenvalue weighted by Crippen LogP contribution is 2.25. The van der Waals surface area contributed by atoms with Crippen molar-refractivity contribution in [3.05, 3.63) is 305 Å². The van der Waals surface area contributed by atoms with Gasteiger partial charge in [0.05, 0.1) is 30.2 Å². The number of para-hydroxylation sites is 3. The third-order valence-corrected chi connectivity index (χ3v) is 12.8. The van der Waals surface area contributed by atoms with Crippen molar-refractivity contribution in [2.75, 3.05) is 0 Å². The molecule has 410 valence electrons. The van der Waals surface area contributed by atoms with Crippen molar-refractivity contribution in [1.82, 2.24) is 10.9 Å². The number of nitrogens with zero attached hydrogens (tertiary/aromatic N) is 1. The molecule has 0 atom stereocenters. The van der Waals surface area contributed by atoms with Crippen molar-refractivity contribution in [3.8, 4) is 17.2 Å². The molecule has 2 amide bonds. The van der Waals surface area contributed by atoms with Crippen molar-refractivity contribution in [2.24, 2.45) is 10.9 Å². The van der Waals surface area contributed by atoms with Crippen molar-refractivity contribution < 1.29 is 33.8 Å². The highest BCUT2D eigenvalue weighted by atomic mass is 35.5. The molecule has 0 aliphatic carbocycles. The van der Waals surface area contributed by atoms with Gasteiger partial charge in [0, 0.05) is 11.4 Å². The lowest BCUT2D eigenvalue weighted by molar-refractivity contribution is -0.121. The van der Waals surface area contributed by atoms with E-state index in [4.69, 9.17) is 32.0 Å². The maximum atomic E-state index is 12.1. The van der Waals surface area contributed by atoms with Gasteiger partial charge in [0.25, 0.3) is 0 Å². The van der Waals surface area contributed by atoms with Gasteiger partial charge in [0.1, 0.15) is 30.5 Å². The predicted octanol–water partition coefficient (Wildman–Crippen LogP) is 14.3. The zero-order valence-electron chi connectivity index (χ0n) is 44.9. The summed E-state index contributed by atoms with van der Waals surface area (Å²) in [6, 6.07) is 83.7. The Morgan fingerprint density at radius 3 is 1.28 bits per heavy atom. The van der Waals surface area contributed by atoms with E-state index >= 15 is 0 Å². The Bertz CT molecular complexity index is 3820. The number of nitrogens with two attached hydrogens (primary N) is 1. The molecule has 12 heteroatoms. The molecule has 0 unspecified atom stereocenters. The van der Waals surface area contributed by atoms with Crippen molar-refractivity contribution in [3.63, 3.8) is 0 Å². The number of phenols is 1. The zero-order chi connectivity index (χ0) is 57.6. The van der Waals surface area contributed by atoms with Gasteiger partial charge in [0.15, 0.2) is 12.6 Å². The van der Waals surface area contributed by atoms with Crippen LogP contribution in [-0.2, 0) is 41.5 Å². The summed E-state index contributed by atoms with van der Waals surface area (Å²) < 4.78 is 11.9. The molecule has 0 aromatic heterocycles. The number of nitrogens with one attached hydrogen (secondary N) is 2. The molecule has 0 saturated carbocycles. The van der Waals surface area contributed by atoms with Gasteiger partial charge in [-0.1, -0.05) is 224 Å². The monoisotopic (exact) mass is 1100 g/mol. The van der Waals surface area contributed by atoms with Crippen LogP contribution in [0, 0.1) is 0 Å². The van der Waals surface area contributed by atoms with Gasteiger partial charge in [-0.3, -0.25) is 24.6 Å². The van der Waals surface area contributed by atoms with Crippen LogP contribution >= 0.6 is 11.6 Å². The Morgan fingerprint density at radius 2 is 0.817 bits per heavy atom. The van der Waals surface area contributed by atoms with Crippen LogP contribution < -0.4 is 26.2 Å². The molecule has 0 fully saturated rings. The number of halogens is 1. The molecule has 11 aromatic carbocycles. The van der Waals surface area contributed by atoms with Crippen LogP contribution in [0.2, 0.25) is 0 Å². The number of aldehydes is 2. The number of carbonyl (C=O) groups is 4. The molecule has 5 N–H and O–H groups in total. The number of rotatable bonds is 15. The van der Waals surface area contributed by atoms with Crippen LogP contribution in [0.5, 0.6) is 17.2 Å². The van der Waals surface area contributed by atoms with Gasteiger partial charge in [-0.15, -0.1) is 11.6 Å². The molecule has 0 bridgehead atoms. The Balaban J connectivity index is 0.000000160. The summed E-state index contributed by atoms with van der Waals surface area (Å²) in [6.07, 6.45) is 3.68. The highest BCUT2D eigenvalue weighted by molar-refractivity contribution is 6.18. The number of hydrogen-bond acceptors (Lipinski definition) is 9. The molecule has 11 rings (SSSR count). The molecule has 0 aliphatic heterocycles. The first-order valence-electron chi connectivity index (χ1n) is 26.2. The standard InChI is InChI=1S/C26H22N2O2.C18H14O2.C11H9Cl.C8H10N2O.C7H6O2/c29-26(17-20-9-2-1-3-10-20)28-27-18-22-12-5-7-16-25(22)30-19-23-14-8-13-21-11-4-6-15-24(21)23;19-12-15-7-2-4-11-18(15)20-13-16-9-5-8-14-6-1-3-10-17(14)16;12-8-10-6-3-5-9-4-1-2-7-11(9)10;9-10-8(11)6-7-4-2-1-3-5-7;8-5-6-3-1-2-4-7(6)9/h1-16,18H,17,19H2,(H,28,29);1-12H,13H2;1-7H,8H2;1-5H,6,9H2,(H,10,11);1-5,9H/b27-18+;;;;. The Hall–Kier alpha value is -10.2. The van der Waals surface area contributed by atoms with E-state index in [0.717, 1.165) is 34.1 Å². The van der Waals surface area contributed by atoms with Crippen molar-refractivity contribution >= 4 is 74.5 Å². The molecule has 0 saturated heterocycles. The van der Waals surface area contributed by atoms with E-state index in [-0.39, 0.29) is 24.0 Å².